The number of rotatable bonds is 11. The van der Waals surface area contributed by atoms with E-state index in [0.29, 0.717) is 11.5 Å². The Bertz CT molecular complexity index is 1930. The van der Waals surface area contributed by atoms with E-state index in [-0.39, 0.29) is 22.7 Å². The second kappa shape index (κ2) is 13.8. The minimum absolute atomic E-state index is 0.0322. The quantitative estimate of drug-likeness (QED) is 0.118. The van der Waals surface area contributed by atoms with Crippen LogP contribution in [0.15, 0.2) is 96.2 Å². The Kier molecular flexibility index (Phi) is 9.77. The van der Waals surface area contributed by atoms with E-state index in [2.05, 4.69) is 43.8 Å². The number of hydrogen-bond acceptors (Lipinski definition) is 8. The topological polar surface area (TPSA) is 117 Å². The summed E-state index contributed by atoms with van der Waals surface area (Å²) in [5, 5.41) is 11.6. The molecule has 1 aliphatic rings. The molecule has 50 heavy (non-hydrogen) atoms. The highest BCUT2D eigenvalue weighted by Gasteiger charge is 2.52. The van der Waals surface area contributed by atoms with Gasteiger partial charge in [0, 0.05) is 6.20 Å². The molecular formula is C38H44FN3O7Si. The number of aliphatic hydroxyl groups is 1. The molecule has 264 valence electrons. The highest BCUT2D eigenvalue weighted by Crippen LogP contribution is 2.45. The van der Waals surface area contributed by atoms with Crippen LogP contribution in [0, 0.1) is 5.82 Å². The zero-order chi connectivity index (χ0) is 35.8. The number of halogens is 1. The highest BCUT2D eigenvalue weighted by atomic mass is 28.4. The van der Waals surface area contributed by atoms with Crippen molar-refractivity contribution in [1.82, 2.24) is 14.5 Å². The summed E-state index contributed by atoms with van der Waals surface area (Å²) in [5.41, 5.74) is 0.781. The second-order valence-corrected chi connectivity index (χ2v) is 18.8. The summed E-state index contributed by atoms with van der Waals surface area (Å²) >= 11 is 0. The van der Waals surface area contributed by atoms with Crippen molar-refractivity contribution in [3.63, 3.8) is 0 Å². The number of ether oxygens (including phenoxy) is 4. The number of hydrogen-bond donors (Lipinski definition) is 2. The monoisotopic (exact) mass is 701 g/mol. The summed E-state index contributed by atoms with van der Waals surface area (Å²) in [7, 11) is 0.729. The van der Waals surface area contributed by atoms with Gasteiger partial charge < -0.3 is 38.0 Å². The molecule has 10 nitrogen and oxygen atoms in total. The lowest BCUT2D eigenvalue weighted by Gasteiger charge is -2.41. The smallest absolute Gasteiger partial charge is 0.263 e. The van der Waals surface area contributed by atoms with E-state index >= 15 is 4.39 Å². The Balaban J connectivity index is 1.47. The van der Waals surface area contributed by atoms with Crippen LogP contribution < -0.4 is 15.0 Å². The molecule has 0 aliphatic carbocycles. The maximum atomic E-state index is 15.2. The number of aromatic amines is 1. The average molecular weight is 702 g/mol. The predicted molar refractivity (Wildman–Crippen MR) is 191 cm³/mol. The molecule has 2 N–H and O–H groups in total. The van der Waals surface area contributed by atoms with Crippen molar-refractivity contribution in [2.75, 3.05) is 20.8 Å². The number of aliphatic hydroxyl groups excluding tert-OH is 1. The van der Waals surface area contributed by atoms with Crippen LogP contribution in [0.25, 0.3) is 11.0 Å². The molecule has 2 aromatic heterocycles. The molecule has 0 saturated carbocycles. The first kappa shape index (κ1) is 35.5. The number of benzene rings is 3. The van der Waals surface area contributed by atoms with Crippen LogP contribution >= 0.6 is 0 Å². The van der Waals surface area contributed by atoms with Gasteiger partial charge in [-0.05, 0) is 59.1 Å². The van der Waals surface area contributed by atoms with Gasteiger partial charge in [0.15, 0.2) is 26.0 Å². The normalized spacial score (nSPS) is 19.9. The van der Waals surface area contributed by atoms with Gasteiger partial charge in [0.1, 0.15) is 40.8 Å². The summed E-state index contributed by atoms with van der Waals surface area (Å²) in [6, 6.07) is 25.2. The maximum absolute atomic E-state index is 15.2. The SMILES string of the molecule is COc1ccc(C(OC[C@H]2OC(n3cc(F)c4c(=O)[nH]cnc43)[C@H](O)[C@@H]2O[Si](C)(C)C(C)(C)C)(c2ccccc2)c2ccc(OC)cc2)cc1. The highest BCUT2D eigenvalue weighted by molar-refractivity contribution is 6.74. The number of methoxy groups -OCH3 is 2. The molecule has 1 unspecified atom stereocenters. The molecule has 3 heterocycles. The largest absolute Gasteiger partial charge is 0.497 e. The van der Waals surface area contributed by atoms with Crippen LogP contribution in [0.3, 0.4) is 0 Å². The Hall–Kier alpha value is -4.33. The van der Waals surface area contributed by atoms with E-state index in [9.17, 15) is 9.90 Å². The van der Waals surface area contributed by atoms with Crippen molar-refractivity contribution in [3.05, 3.63) is 124 Å². The standard InChI is InChI=1S/C38H44FN3O7Si/c1-37(2,3)50(6,7)49-33-30(48-36(32(33)43)42-21-29(39)31-34(42)40-23-41-35(31)44)22-47-38(24-11-9-8-10-12-24,25-13-17-27(45-4)18-14-25)26-15-19-28(46-5)20-16-26/h8-21,23,30,32-33,36,43H,22H2,1-7H3,(H,40,41,44)/t30-,32-,33-,36?/m1/s1. The Morgan fingerprint density at radius 1 is 0.920 bits per heavy atom. The molecule has 3 aromatic carbocycles. The molecule has 0 spiro atoms. The summed E-state index contributed by atoms with van der Waals surface area (Å²) in [6.45, 7) is 10.5. The third-order valence-electron chi connectivity index (χ3n) is 10.0. The van der Waals surface area contributed by atoms with Gasteiger partial charge in [-0.1, -0.05) is 75.4 Å². The van der Waals surface area contributed by atoms with Crippen molar-refractivity contribution in [2.24, 2.45) is 0 Å². The maximum Gasteiger partial charge on any atom is 0.263 e. The Morgan fingerprint density at radius 3 is 2.02 bits per heavy atom. The van der Waals surface area contributed by atoms with E-state index in [4.69, 9.17) is 23.4 Å². The van der Waals surface area contributed by atoms with Gasteiger partial charge in [-0.2, -0.15) is 0 Å². The first-order valence-corrected chi connectivity index (χ1v) is 19.4. The van der Waals surface area contributed by atoms with Crippen LogP contribution in [0.5, 0.6) is 11.5 Å². The van der Waals surface area contributed by atoms with Crippen LogP contribution in [0.1, 0.15) is 43.7 Å². The van der Waals surface area contributed by atoms with Gasteiger partial charge >= 0.3 is 0 Å². The number of aromatic nitrogens is 3. The van der Waals surface area contributed by atoms with Gasteiger partial charge in [-0.3, -0.25) is 4.79 Å². The molecule has 12 heteroatoms. The molecule has 1 saturated heterocycles. The number of nitrogens with one attached hydrogen (secondary N) is 1. The number of fused-ring (bicyclic) bond motifs is 1. The Morgan fingerprint density at radius 2 is 1.48 bits per heavy atom. The first-order chi connectivity index (χ1) is 23.8. The zero-order valence-corrected chi connectivity index (χ0v) is 30.3. The van der Waals surface area contributed by atoms with E-state index in [0.717, 1.165) is 22.9 Å². The van der Waals surface area contributed by atoms with Gasteiger partial charge in [-0.15, -0.1) is 0 Å². The minimum Gasteiger partial charge on any atom is -0.497 e. The van der Waals surface area contributed by atoms with Crippen LogP contribution in [-0.4, -0.2) is 67.1 Å². The van der Waals surface area contributed by atoms with Gasteiger partial charge in [0.05, 0.1) is 27.2 Å². The molecule has 4 atom stereocenters. The van der Waals surface area contributed by atoms with Crippen LogP contribution in [0.2, 0.25) is 18.1 Å². The van der Waals surface area contributed by atoms with Gasteiger partial charge in [0.2, 0.25) is 0 Å². The lowest BCUT2D eigenvalue weighted by Crippen LogP contribution is -2.50. The fourth-order valence-electron chi connectivity index (χ4n) is 6.27. The number of nitrogens with zero attached hydrogens (tertiary/aromatic N) is 2. The molecule has 0 radical (unpaired) electrons. The third kappa shape index (κ3) is 6.38. The minimum atomic E-state index is -2.51. The van der Waals surface area contributed by atoms with Crippen molar-refractivity contribution in [1.29, 1.82) is 0 Å². The van der Waals surface area contributed by atoms with E-state index < -0.39 is 49.8 Å². The lowest BCUT2D eigenvalue weighted by molar-refractivity contribution is -0.0930. The van der Waals surface area contributed by atoms with Crippen molar-refractivity contribution < 1.29 is 32.9 Å². The van der Waals surface area contributed by atoms with Gasteiger partial charge in [-0.25, -0.2) is 9.37 Å². The third-order valence-corrected chi connectivity index (χ3v) is 14.5. The molecule has 0 bridgehead atoms. The summed E-state index contributed by atoms with van der Waals surface area (Å²) in [5.74, 6) is 0.614. The Labute approximate surface area is 291 Å². The average Bonchev–Trinajstić information content (AvgIpc) is 3.61. The molecule has 0 amide bonds. The summed E-state index contributed by atoms with van der Waals surface area (Å²) < 4.78 is 48.1. The summed E-state index contributed by atoms with van der Waals surface area (Å²) in [6.07, 6.45) is -1.70. The molecule has 6 rings (SSSR count). The van der Waals surface area contributed by atoms with E-state index in [1.807, 2.05) is 78.9 Å². The van der Waals surface area contributed by atoms with Crippen molar-refractivity contribution in [3.8, 4) is 11.5 Å². The molecule has 5 aromatic rings. The molecular weight excluding hydrogens is 658 g/mol. The van der Waals surface area contributed by atoms with Crippen LogP contribution in [-0.2, 0) is 19.5 Å². The van der Waals surface area contributed by atoms with Crippen LogP contribution in [0.4, 0.5) is 4.39 Å². The predicted octanol–water partition coefficient (Wildman–Crippen LogP) is 6.54. The second-order valence-electron chi connectivity index (χ2n) is 14.0. The van der Waals surface area contributed by atoms with Crippen molar-refractivity contribution >= 4 is 19.4 Å². The zero-order valence-electron chi connectivity index (χ0n) is 29.3. The first-order valence-electron chi connectivity index (χ1n) is 16.5. The fourth-order valence-corrected chi connectivity index (χ4v) is 7.60. The van der Waals surface area contributed by atoms with E-state index in [1.54, 1.807) is 14.2 Å². The fraction of sp³-hybridized carbons (Fsp3) is 0.368. The number of H-pyrrole nitrogens is 1. The van der Waals surface area contributed by atoms with Crippen molar-refractivity contribution in [2.45, 2.75) is 69.0 Å². The summed E-state index contributed by atoms with van der Waals surface area (Å²) in [4.78, 5) is 19.2. The molecule has 1 fully saturated rings. The van der Waals surface area contributed by atoms with E-state index in [1.165, 1.54) is 10.9 Å². The lowest BCUT2D eigenvalue weighted by atomic mass is 9.80. The molecule has 1 aliphatic heterocycles. The van der Waals surface area contributed by atoms with Gasteiger partial charge in [0.25, 0.3) is 5.56 Å².